The Hall–Kier alpha value is -0.960. The van der Waals surface area contributed by atoms with Crippen molar-refractivity contribution in [3.8, 4) is 0 Å². The van der Waals surface area contributed by atoms with Crippen molar-refractivity contribution in [1.82, 2.24) is 4.90 Å². The molecule has 2 nitrogen and oxygen atoms in total. The summed E-state index contributed by atoms with van der Waals surface area (Å²) in [4.78, 5) is 14.7. The Morgan fingerprint density at radius 2 is 1.87 bits per heavy atom. The molecule has 0 saturated carbocycles. The van der Waals surface area contributed by atoms with Gasteiger partial charge in [0.25, 0.3) is 5.91 Å². The molecule has 0 unspecified atom stereocenters. The van der Waals surface area contributed by atoms with Gasteiger partial charge in [0.15, 0.2) is 0 Å². The summed E-state index contributed by atoms with van der Waals surface area (Å²) in [6, 6.07) is 7.33. The standard InChI is InChI=1S/C12H17NOS/c1-3-9-13(4-2)12(14)10-5-7-11(15)8-6-10/h5-8,15H,3-4,9H2,1-2H3. The summed E-state index contributed by atoms with van der Waals surface area (Å²) in [5.74, 6) is 0.104. The molecule has 0 heterocycles. The van der Waals surface area contributed by atoms with E-state index in [0.29, 0.717) is 0 Å². The van der Waals surface area contributed by atoms with Crippen LogP contribution >= 0.6 is 12.6 Å². The second-order valence-electron chi connectivity index (χ2n) is 3.43. The molecule has 0 radical (unpaired) electrons. The molecule has 1 aromatic rings. The van der Waals surface area contributed by atoms with Gasteiger partial charge < -0.3 is 4.90 Å². The SMILES string of the molecule is CCCN(CC)C(=O)c1ccc(S)cc1. The highest BCUT2D eigenvalue weighted by atomic mass is 32.1. The Morgan fingerprint density at radius 1 is 1.27 bits per heavy atom. The first-order chi connectivity index (χ1) is 7.19. The number of amides is 1. The summed E-state index contributed by atoms with van der Waals surface area (Å²) in [6.07, 6.45) is 0.990. The zero-order chi connectivity index (χ0) is 11.3. The van der Waals surface area contributed by atoms with Crippen LogP contribution in [0.15, 0.2) is 29.2 Å². The fraction of sp³-hybridized carbons (Fsp3) is 0.417. The van der Waals surface area contributed by atoms with E-state index in [1.807, 2.05) is 36.1 Å². The monoisotopic (exact) mass is 223 g/mol. The molecule has 0 aromatic heterocycles. The molecule has 0 aliphatic heterocycles. The maximum absolute atomic E-state index is 12.0. The lowest BCUT2D eigenvalue weighted by Crippen LogP contribution is -2.31. The van der Waals surface area contributed by atoms with E-state index in [0.717, 1.165) is 30.0 Å². The fourth-order valence-corrected chi connectivity index (χ4v) is 1.61. The smallest absolute Gasteiger partial charge is 0.253 e. The zero-order valence-electron chi connectivity index (χ0n) is 9.23. The van der Waals surface area contributed by atoms with Crippen molar-refractivity contribution in [2.45, 2.75) is 25.2 Å². The largest absolute Gasteiger partial charge is 0.339 e. The quantitative estimate of drug-likeness (QED) is 0.778. The van der Waals surface area contributed by atoms with Crippen LogP contribution in [0, 0.1) is 0 Å². The summed E-state index contributed by atoms with van der Waals surface area (Å²) in [5.41, 5.74) is 0.739. The Morgan fingerprint density at radius 3 is 2.33 bits per heavy atom. The lowest BCUT2D eigenvalue weighted by atomic mass is 10.2. The predicted molar refractivity (Wildman–Crippen MR) is 65.6 cm³/mol. The van der Waals surface area contributed by atoms with Gasteiger partial charge in [0.1, 0.15) is 0 Å². The lowest BCUT2D eigenvalue weighted by molar-refractivity contribution is 0.0764. The van der Waals surface area contributed by atoms with Crippen LogP contribution in [-0.2, 0) is 0 Å². The number of hydrogen-bond donors (Lipinski definition) is 1. The molecule has 0 spiro atoms. The van der Waals surface area contributed by atoms with E-state index in [-0.39, 0.29) is 5.91 Å². The third-order valence-electron chi connectivity index (χ3n) is 2.28. The molecule has 0 bridgehead atoms. The predicted octanol–water partition coefficient (Wildman–Crippen LogP) is 2.85. The van der Waals surface area contributed by atoms with Gasteiger partial charge in [-0.05, 0) is 37.6 Å². The van der Waals surface area contributed by atoms with Crippen molar-refractivity contribution in [1.29, 1.82) is 0 Å². The maximum Gasteiger partial charge on any atom is 0.253 e. The van der Waals surface area contributed by atoms with Crippen molar-refractivity contribution >= 4 is 18.5 Å². The average Bonchev–Trinajstić information content (AvgIpc) is 2.26. The van der Waals surface area contributed by atoms with Gasteiger partial charge in [-0.1, -0.05) is 6.92 Å². The summed E-state index contributed by atoms with van der Waals surface area (Å²) in [6.45, 7) is 5.65. The Balaban J connectivity index is 2.78. The third kappa shape index (κ3) is 3.27. The van der Waals surface area contributed by atoms with Gasteiger partial charge in [-0.25, -0.2) is 0 Å². The molecular formula is C12H17NOS. The normalized spacial score (nSPS) is 10.1. The van der Waals surface area contributed by atoms with Crippen molar-refractivity contribution < 1.29 is 4.79 Å². The maximum atomic E-state index is 12.0. The molecule has 82 valence electrons. The first-order valence-electron chi connectivity index (χ1n) is 5.27. The van der Waals surface area contributed by atoms with Crippen LogP contribution in [0.1, 0.15) is 30.6 Å². The third-order valence-corrected chi connectivity index (χ3v) is 2.57. The van der Waals surface area contributed by atoms with E-state index < -0.39 is 0 Å². The highest BCUT2D eigenvalue weighted by Gasteiger charge is 2.12. The van der Waals surface area contributed by atoms with Crippen LogP contribution < -0.4 is 0 Å². The van der Waals surface area contributed by atoms with Crippen LogP contribution in [0.3, 0.4) is 0 Å². The minimum absolute atomic E-state index is 0.104. The number of carbonyl (C=O) groups excluding carboxylic acids is 1. The first kappa shape index (κ1) is 12.1. The molecule has 0 atom stereocenters. The summed E-state index contributed by atoms with van der Waals surface area (Å²) in [5, 5.41) is 0. The molecule has 3 heteroatoms. The number of carbonyl (C=O) groups is 1. The zero-order valence-corrected chi connectivity index (χ0v) is 10.1. The van der Waals surface area contributed by atoms with E-state index in [1.54, 1.807) is 0 Å². The Bertz CT molecular complexity index is 321. The second kappa shape index (κ2) is 5.81. The second-order valence-corrected chi connectivity index (χ2v) is 3.95. The molecule has 1 amide bonds. The number of benzene rings is 1. The van der Waals surface area contributed by atoms with E-state index in [4.69, 9.17) is 0 Å². The van der Waals surface area contributed by atoms with E-state index in [9.17, 15) is 4.79 Å². The van der Waals surface area contributed by atoms with Gasteiger partial charge in [0, 0.05) is 23.5 Å². The Kier molecular flexibility index (Phi) is 4.69. The topological polar surface area (TPSA) is 20.3 Å². The van der Waals surface area contributed by atoms with Crippen LogP contribution in [0.5, 0.6) is 0 Å². The van der Waals surface area contributed by atoms with Gasteiger partial charge in [0.05, 0.1) is 0 Å². The van der Waals surface area contributed by atoms with Gasteiger partial charge in [-0.3, -0.25) is 4.79 Å². The van der Waals surface area contributed by atoms with Gasteiger partial charge in [-0.15, -0.1) is 12.6 Å². The molecular weight excluding hydrogens is 206 g/mol. The minimum atomic E-state index is 0.104. The number of rotatable bonds is 4. The van der Waals surface area contributed by atoms with Crippen molar-refractivity contribution in [3.63, 3.8) is 0 Å². The number of thiol groups is 1. The van der Waals surface area contributed by atoms with Crippen LogP contribution in [0.4, 0.5) is 0 Å². The van der Waals surface area contributed by atoms with E-state index >= 15 is 0 Å². The summed E-state index contributed by atoms with van der Waals surface area (Å²) >= 11 is 4.19. The van der Waals surface area contributed by atoms with Crippen LogP contribution in [0.25, 0.3) is 0 Å². The summed E-state index contributed by atoms with van der Waals surface area (Å²) in [7, 11) is 0. The van der Waals surface area contributed by atoms with E-state index in [2.05, 4.69) is 19.6 Å². The highest BCUT2D eigenvalue weighted by molar-refractivity contribution is 7.80. The van der Waals surface area contributed by atoms with Crippen molar-refractivity contribution in [2.24, 2.45) is 0 Å². The number of hydrogen-bond acceptors (Lipinski definition) is 2. The molecule has 0 N–H and O–H groups in total. The fourth-order valence-electron chi connectivity index (χ4n) is 1.46. The van der Waals surface area contributed by atoms with Gasteiger partial charge >= 0.3 is 0 Å². The molecule has 0 saturated heterocycles. The van der Waals surface area contributed by atoms with Gasteiger partial charge in [-0.2, -0.15) is 0 Å². The van der Waals surface area contributed by atoms with E-state index in [1.165, 1.54) is 0 Å². The lowest BCUT2D eigenvalue weighted by Gasteiger charge is -2.20. The Labute approximate surface area is 96.7 Å². The van der Waals surface area contributed by atoms with Crippen LogP contribution in [-0.4, -0.2) is 23.9 Å². The summed E-state index contributed by atoms with van der Waals surface area (Å²) < 4.78 is 0. The molecule has 1 rings (SSSR count). The first-order valence-corrected chi connectivity index (χ1v) is 5.72. The molecule has 0 fully saturated rings. The van der Waals surface area contributed by atoms with Crippen molar-refractivity contribution in [3.05, 3.63) is 29.8 Å². The molecule has 0 aliphatic rings. The van der Waals surface area contributed by atoms with Crippen molar-refractivity contribution in [2.75, 3.05) is 13.1 Å². The average molecular weight is 223 g/mol. The molecule has 0 aliphatic carbocycles. The van der Waals surface area contributed by atoms with Crippen LogP contribution in [0.2, 0.25) is 0 Å². The molecule has 1 aromatic carbocycles. The highest BCUT2D eigenvalue weighted by Crippen LogP contribution is 2.10. The number of nitrogens with zero attached hydrogens (tertiary/aromatic N) is 1. The molecule has 15 heavy (non-hydrogen) atoms. The minimum Gasteiger partial charge on any atom is -0.339 e. The van der Waals surface area contributed by atoms with Gasteiger partial charge in [0.2, 0.25) is 0 Å².